The van der Waals surface area contributed by atoms with Crippen LogP contribution in [0.4, 0.5) is 0 Å². The van der Waals surface area contributed by atoms with Crippen LogP contribution in [0.3, 0.4) is 0 Å². The molecule has 0 bridgehead atoms. The smallest absolute Gasteiger partial charge is 0.174 e. The van der Waals surface area contributed by atoms with Crippen LogP contribution in [0.15, 0.2) is 65.1 Å². The zero-order chi connectivity index (χ0) is 24.2. The van der Waals surface area contributed by atoms with Crippen molar-refractivity contribution < 1.29 is 9.15 Å². The second-order valence-electron chi connectivity index (χ2n) is 9.47. The van der Waals surface area contributed by atoms with E-state index in [0.29, 0.717) is 29.7 Å². The summed E-state index contributed by atoms with van der Waals surface area (Å²) in [5.74, 6) is 3.53. The van der Waals surface area contributed by atoms with Crippen LogP contribution in [0.1, 0.15) is 37.7 Å². The van der Waals surface area contributed by atoms with Gasteiger partial charge in [0.2, 0.25) is 0 Å². The quantitative estimate of drug-likeness (QED) is 0.247. The molecule has 4 rings (SSSR count). The van der Waals surface area contributed by atoms with Crippen LogP contribution >= 0.6 is 11.6 Å². The largest absolute Gasteiger partial charge is 0.493 e. The van der Waals surface area contributed by atoms with E-state index >= 15 is 0 Å². The number of aromatic nitrogens is 2. The number of benzene rings is 2. The van der Waals surface area contributed by atoms with E-state index in [2.05, 4.69) is 49.5 Å². The second kappa shape index (κ2) is 10.5. The van der Waals surface area contributed by atoms with Gasteiger partial charge in [0.25, 0.3) is 0 Å². The molecule has 0 amide bonds. The number of halogens is 1. The summed E-state index contributed by atoms with van der Waals surface area (Å²) >= 11 is 6.25. The van der Waals surface area contributed by atoms with Crippen molar-refractivity contribution in [2.24, 2.45) is 5.92 Å². The molecule has 5 nitrogen and oxygen atoms in total. The Balaban J connectivity index is 1.51. The number of rotatable bonds is 10. The van der Waals surface area contributed by atoms with E-state index in [9.17, 15) is 0 Å². The summed E-state index contributed by atoms with van der Waals surface area (Å²) in [7, 11) is 2.10. The molecule has 0 radical (unpaired) electrons. The summed E-state index contributed by atoms with van der Waals surface area (Å²) in [5, 5.41) is 0.681. The molecule has 0 saturated heterocycles. The summed E-state index contributed by atoms with van der Waals surface area (Å²) < 4.78 is 12.1. The SMILES string of the molecule is C=C(C)CN(C)Cc1ccc2nc(-c3ccc(Cc4cc(Cl)ccc4OCC(C)C)o3)[nH]c2c1. The molecule has 1 N–H and O–H groups in total. The fraction of sp³-hybridized carbons (Fsp3) is 0.321. The minimum absolute atomic E-state index is 0.443. The number of hydrogen-bond acceptors (Lipinski definition) is 4. The Morgan fingerprint density at radius 1 is 1.18 bits per heavy atom. The number of likely N-dealkylation sites (N-methyl/N-ethyl adjacent to an activating group) is 1. The molecule has 2 heterocycles. The normalized spacial score (nSPS) is 11.6. The molecule has 34 heavy (non-hydrogen) atoms. The van der Waals surface area contributed by atoms with E-state index in [-0.39, 0.29) is 0 Å². The summed E-state index contributed by atoms with van der Waals surface area (Å²) in [5.41, 5.74) is 5.29. The van der Waals surface area contributed by atoms with E-state index in [1.54, 1.807) is 0 Å². The summed E-state index contributed by atoms with van der Waals surface area (Å²) in [6.07, 6.45) is 0.591. The molecule has 6 heteroatoms. The van der Waals surface area contributed by atoms with Crippen molar-refractivity contribution in [2.45, 2.75) is 33.7 Å². The monoisotopic (exact) mass is 477 g/mol. The maximum atomic E-state index is 6.25. The predicted molar refractivity (Wildman–Crippen MR) is 140 cm³/mol. The van der Waals surface area contributed by atoms with E-state index < -0.39 is 0 Å². The van der Waals surface area contributed by atoms with Crippen molar-refractivity contribution in [2.75, 3.05) is 20.2 Å². The number of nitrogens with one attached hydrogen (secondary N) is 1. The molecular weight excluding hydrogens is 446 g/mol. The van der Waals surface area contributed by atoms with Gasteiger partial charge >= 0.3 is 0 Å². The lowest BCUT2D eigenvalue weighted by atomic mass is 10.1. The van der Waals surface area contributed by atoms with E-state index in [0.717, 1.165) is 52.6 Å². The molecule has 0 atom stereocenters. The maximum Gasteiger partial charge on any atom is 0.174 e. The molecule has 0 spiro atoms. The van der Waals surface area contributed by atoms with Crippen LogP contribution in [0.2, 0.25) is 5.02 Å². The van der Waals surface area contributed by atoms with Gasteiger partial charge in [-0.2, -0.15) is 0 Å². The second-order valence-corrected chi connectivity index (χ2v) is 9.90. The Labute approximate surface area is 206 Å². The van der Waals surface area contributed by atoms with Crippen molar-refractivity contribution in [1.29, 1.82) is 0 Å². The number of imidazole rings is 1. The lowest BCUT2D eigenvalue weighted by Gasteiger charge is -2.16. The molecule has 0 fully saturated rings. The first kappa shape index (κ1) is 24.1. The van der Waals surface area contributed by atoms with Gasteiger partial charge in [-0.25, -0.2) is 4.98 Å². The third kappa shape index (κ3) is 6.10. The fourth-order valence-electron chi connectivity index (χ4n) is 3.97. The van der Waals surface area contributed by atoms with Crippen LogP contribution in [-0.2, 0) is 13.0 Å². The number of fused-ring (bicyclic) bond motifs is 1. The Morgan fingerprint density at radius 2 is 2.00 bits per heavy atom. The van der Waals surface area contributed by atoms with Gasteiger partial charge in [-0.3, -0.25) is 4.90 Å². The predicted octanol–water partition coefficient (Wildman–Crippen LogP) is 7.11. The van der Waals surface area contributed by atoms with Crippen molar-refractivity contribution in [3.8, 4) is 17.3 Å². The number of nitrogens with zero attached hydrogens (tertiary/aromatic N) is 2. The minimum atomic E-state index is 0.443. The van der Waals surface area contributed by atoms with Crippen molar-refractivity contribution in [3.63, 3.8) is 0 Å². The average Bonchev–Trinajstić information content (AvgIpc) is 3.39. The van der Waals surface area contributed by atoms with Crippen LogP contribution in [0, 0.1) is 5.92 Å². The first-order chi connectivity index (χ1) is 16.3. The highest BCUT2D eigenvalue weighted by molar-refractivity contribution is 6.30. The Hall–Kier alpha value is -3.02. The van der Waals surface area contributed by atoms with Crippen LogP contribution in [0.25, 0.3) is 22.6 Å². The molecule has 178 valence electrons. The van der Waals surface area contributed by atoms with Crippen LogP contribution in [0.5, 0.6) is 5.75 Å². The van der Waals surface area contributed by atoms with Gasteiger partial charge < -0.3 is 14.1 Å². The molecule has 0 aliphatic rings. The molecule has 0 aliphatic carbocycles. The lowest BCUT2D eigenvalue weighted by Crippen LogP contribution is -2.19. The summed E-state index contributed by atoms with van der Waals surface area (Å²) in [4.78, 5) is 10.4. The minimum Gasteiger partial charge on any atom is -0.493 e. The third-order valence-corrected chi connectivity index (χ3v) is 5.63. The van der Waals surface area contributed by atoms with Gasteiger partial charge in [-0.1, -0.05) is 43.7 Å². The average molecular weight is 478 g/mol. The highest BCUT2D eigenvalue weighted by atomic mass is 35.5. The molecule has 0 saturated carbocycles. The van der Waals surface area contributed by atoms with Crippen molar-refractivity contribution >= 4 is 22.6 Å². The molecule has 0 aliphatic heterocycles. The Kier molecular flexibility index (Phi) is 7.44. The molecule has 2 aromatic heterocycles. The lowest BCUT2D eigenvalue weighted by molar-refractivity contribution is 0.268. The van der Waals surface area contributed by atoms with E-state index in [1.165, 1.54) is 5.56 Å². The van der Waals surface area contributed by atoms with E-state index in [1.807, 2.05) is 43.3 Å². The van der Waals surface area contributed by atoms with Crippen molar-refractivity contribution in [3.05, 3.63) is 82.6 Å². The summed E-state index contributed by atoms with van der Waals surface area (Å²) in [6.45, 7) is 12.7. The van der Waals surface area contributed by atoms with Gasteiger partial charge in [0.05, 0.1) is 17.6 Å². The van der Waals surface area contributed by atoms with Crippen molar-refractivity contribution in [1.82, 2.24) is 14.9 Å². The van der Waals surface area contributed by atoms with Gasteiger partial charge in [0, 0.05) is 30.1 Å². The first-order valence-corrected chi connectivity index (χ1v) is 12.0. The molecule has 0 unspecified atom stereocenters. The molecule has 4 aromatic rings. The van der Waals surface area contributed by atoms with Gasteiger partial charge in [0.1, 0.15) is 11.5 Å². The van der Waals surface area contributed by atoms with Gasteiger partial charge in [-0.15, -0.1) is 0 Å². The molecule has 2 aromatic carbocycles. The standard InChI is InChI=1S/C28H32ClN3O2/c1-18(2)15-32(5)16-20-6-9-24-25(12-20)31-28(30-24)27-11-8-23(34-27)14-21-13-22(29)7-10-26(21)33-17-19(3)4/h6-13,19H,1,14-17H2,2-5H3,(H,30,31). The highest BCUT2D eigenvalue weighted by Gasteiger charge is 2.14. The van der Waals surface area contributed by atoms with Gasteiger partial charge in [0.15, 0.2) is 11.6 Å². The van der Waals surface area contributed by atoms with Crippen LogP contribution in [-0.4, -0.2) is 35.1 Å². The number of ether oxygens (including phenoxy) is 1. The number of H-pyrrole nitrogens is 1. The van der Waals surface area contributed by atoms with Gasteiger partial charge in [-0.05, 0) is 67.9 Å². The zero-order valence-electron chi connectivity index (χ0n) is 20.3. The molecular formula is C28H32ClN3O2. The number of hydrogen-bond donors (Lipinski definition) is 1. The van der Waals surface area contributed by atoms with E-state index in [4.69, 9.17) is 25.7 Å². The summed E-state index contributed by atoms with van der Waals surface area (Å²) in [6, 6.07) is 16.0. The Bertz CT molecular complexity index is 1290. The Morgan fingerprint density at radius 3 is 2.76 bits per heavy atom. The first-order valence-electron chi connectivity index (χ1n) is 11.6. The number of aromatic amines is 1. The number of furan rings is 1. The third-order valence-electron chi connectivity index (χ3n) is 5.39. The highest BCUT2D eigenvalue weighted by Crippen LogP contribution is 2.29. The van der Waals surface area contributed by atoms with Crippen LogP contribution < -0.4 is 4.74 Å². The zero-order valence-corrected chi connectivity index (χ0v) is 21.1. The fourth-order valence-corrected chi connectivity index (χ4v) is 4.17. The topological polar surface area (TPSA) is 54.3 Å². The maximum absolute atomic E-state index is 6.25.